The van der Waals surface area contributed by atoms with Gasteiger partial charge in [0, 0.05) is 77.8 Å². The van der Waals surface area contributed by atoms with Gasteiger partial charge in [0.1, 0.15) is 0 Å². The summed E-state index contributed by atoms with van der Waals surface area (Å²) in [6.45, 7) is 16.5. The Kier molecular flexibility index (Phi) is 12.6. The van der Waals surface area contributed by atoms with Crippen LogP contribution in [0.2, 0.25) is 0 Å². The molecular weight excluding hydrogens is 681 g/mol. The molecule has 0 saturated heterocycles. The number of aryl methyl sites for hydroxylation is 3. The largest absolute Gasteiger partial charge is 0.478 e. The molecule has 2 aliphatic heterocycles. The number of allylic oxidation sites excluding steroid dienone is 3. The fraction of sp³-hybridized carbons (Fsp3) is 0.452. The lowest BCUT2D eigenvalue weighted by Gasteiger charge is -2.19. The van der Waals surface area contributed by atoms with Crippen molar-refractivity contribution in [3.8, 4) is 0 Å². The normalized spacial score (nSPS) is 15.6. The summed E-state index contributed by atoms with van der Waals surface area (Å²) in [6.07, 6.45) is 3.18. The molecule has 0 spiro atoms. The van der Waals surface area contributed by atoms with Crippen LogP contribution in [0.1, 0.15) is 101 Å². The van der Waals surface area contributed by atoms with Gasteiger partial charge in [0.25, 0.3) is 0 Å². The van der Waals surface area contributed by atoms with Crippen molar-refractivity contribution in [2.24, 2.45) is 0 Å². The highest BCUT2D eigenvalue weighted by atomic mass is 16.4. The molecule has 0 fully saturated rings. The van der Waals surface area contributed by atoms with Crippen LogP contribution >= 0.6 is 0 Å². The summed E-state index contributed by atoms with van der Waals surface area (Å²) in [5, 5.41) is 16.8. The molecule has 288 valence electrons. The quantitative estimate of drug-likeness (QED) is 0.137. The van der Waals surface area contributed by atoms with Crippen LogP contribution in [0.4, 0.5) is 0 Å². The minimum Gasteiger partial charge on any atom is -0.478 e. The zero-order chi connectivity index (χ0) is 39.4. The van der Waals surface area contributed by atoms with E-state index in [9.17, 15) is 19.5 Å². The van der Waals surface area contributed by atoms with Gasteiger partial charge in [-0.05, 0) is 102 Å². The first kappa shape index (κ1) is 40.1. The van der Waals surface area contributed by atoms with Crippen LogP contribution in [0.25, 0.3) is 33.2 Å². The summed E-state index contributed by atoms with van der Waals surface area (Å²) in [4.78, 5) is 61.4. The van der Waals surface area contributed by atoms with Crippen LogP contribution in [0, 0.1) is 13.8 Å². The molecule has 2 atom stereocenters. The number of aromatic nitrogens is 4. The third-order valence-electron chi connectivity index (χ3n) is 10.7. The number of likely N-dealkylation sites (N-methyl/N-ethyl adjacent to an activating group) is 2. The van der Waals surface area contributed by atoms with Gasteiger partial charge in [-0.25, -0.2) is 9.78 Å². The van der Waals surface area contributed by atoms with E-state index >= 15 is 0 Å². The van der Waals surface area contributed by atoms with Gasteiger partial charge in [0.05, 0.1) is 34.6 Å². The number of fused-ring (bicyclic) bond motifs is 8. The average Bonchev–Trinajstić information content (AvgIpc) is 3.78. The molecule has 8 bridgehead atoms. The first-order chi connectivity index (χ1) is 25.6. The zero-order valence-corrected chi connectivity index (χ0v) is 33.3. The lowest BCUT2D eigenvalue weighted by atomic mass is 9.84. The summed E-state index contributed by atoms with van der Waals surface area (Å²) in [7, 11) is 7.79. The van der Waals surface area contributed by atoms with E-state index in [1.807, 2.05) is 69.2 Å². The van der Waals surface area contributed by atoms with Crippen LogP contribution < -0.4 is 10.6 Å². The predicted molar refractivity (Wildman–Crippen MR) is 217 cm³/mol. The Bertz CT molecular complexity index is 2160. The van der Waals surface area contributed by atoms with E-state index in [1.54, 1.807) is 6.92 Å². The number of carbonyl (C=O) groups excluding carboxylic acids is 2. The van der Waals surface area contributed by atoms with Gasteiger partial charge < -0.3 is 35.5 Å². The number of aromatic amines is 2. The number of carboxylic acid groups (broad SMARTS) is 1. The lowest BCUT2D eigenvalue weighted by Crippen LogP contribution is -2.32. The van der Waals surface area contributed by atoms with Gasteiger partial charge in [-0.15, -0.1) is 0 Å². The van der Waals surface area contributed by atoms with Crippen molar-refractivity contribution < 1.29 is 19.5 Å². The summed E-state index contributed by atoms with van der Waals surface area (Å²) in [5.74, 6) is -1.87. The Morgan fingerprint density at radius 2 is 1.52 bits per heavy atom. The third kappa shape index (κ3) is 8.50. The molecule has 3 aromatic heterocycles. The Labute approximate surface area is 318 Å². The maximum absolute atomic E-state index is 13.8. The van der Waals surface area contributed by atoms with Gasteiger partial charge in [-0.3, -0.25) is 14.6 Å². The Balaban J connectivity index is 1.86. The molecule has 12 heteroatoms. The van der Waals surface area contributed by atoms with E-state index in [2.05, 4.69) is 48.0 Å². The SMILES string of the molecule is C=CC1=C(C)c2cc3nc(c(CC(=O)NCCN(C)C)c4[nH]c(cc5[nH]c(cc1n2)c(C)c5CC)c(C)c4C(=O)O)C(CCC(=O)NCCN(C)C)C3C. The van der Waals surface area contributed by atoms with E-state index in [1.165, 1.54) is 0 Å². The molecule has 0 aliphatic carbocycles. The number of nitrogens with zero attached hydrogens (tertiary/aromatic N) is 4. The van der Waals surface area contributed by atoms with Crippen molar-refractivity contribution in [1.29, 1.82) is 0 Å². The van der Waals surface area contributed by atoms with Crippen molar-refractivity contribution >= 4 is 51.0 Å². The Hall–Kier alpha value is -5.07. The standard InChI is InChI=1S/C42H56N8O4/c1-11-27-23(3)31-20-33-25(5)29(13-14-37(51)43-15-17-49(7)8)40(47-33)30(19-38(52)44-16-18-50(9)10)41-39(42(53)54)26(6)34(48-41)22-36-28(12-2)24(4)32(46-36)21-35(27)45-31/h11,20-22,25,29,46,48H,1,12-19H2,2-10H3,(H,43,51)(H,44,52)(H,53,54). The van der Waals surface area contributed by atoms with Gasteiger partial charge in [0.2, 0.25) is 11.8 Å². The maximum Gasteiger partial charge on any atom is 0.338 e. The lowest BCUT2D eigenvalue weighted by molar-refractivity contribution is -0.121. The summed E-state index contributed by atoms with van der Waals surface area (Å²) in [5.41, 5.74) is 10.9. The minimum absolute atomic E-state index is 0.0717. The number of carbonyl (C=O) groups is 3. The molecule has 3 aromatic rings. The number of hydrogen-bond donors (Lipinski definition) is 5. The number of amides is 2. The second-order valence-corrected chi connectivity index (χ2v) is 15.0. The molecule has 5 N–H and O–H groups in total. The Morgan fingerprint density at radius 1 is 0.870 bits per heavy atom. The van der Waals surface area contributed by atoms with Crippen LogP contribution in [0.5, 0.6) is 0 Å². The molecule has 2 aliphatic rings. The van der Waals surface area contributed by atoms with Gasteiger partial charge >= 0.3 is 5.97 Å². The van der Waals surface area contributed by atoms with Crippen molar-refractivity contribution in [1.82, 2.24) is 40.4 Å². The second-order valence-electron chi connectivity index (χ2n) is 15.0. The minimum atomic E-state index is -1.10. The molecule has 5 heterocycles. The number of nitrogens with one attached hydrogen (secondary N) is 4. The molecule has 2 amide bonds. The van der Waals surface area contributed by atoms with E-state index < -0.39 is 5.97 Å². The average molecular weight is 737 g/mol. The van der Waals surface area contributed by atoms with E-state index in [-0.39, 0.29) is 42.1 Å². The fourth-order valence-electron chi connectivity index (χ4n) is 7.54. The van der Waals surface area contributed by atoms with E-state index in [0.29, 0.717) is 53.9 Å². The number of H-pyrrole nitrogens is 2. The molecule has 2 unspecified atom stereocenters. The first-order valence-corrected chi connectivity index (χ1v) is 18.8. The van der Waals surface area contributed by atoms with Crippen LogP contribution in [-0.2, 0) is 22.4 Å². The molecule has 0 radical (unpaired) electrons. The van der Waals surface area contributed by atoms with Gasteiger partial charge in [0.15, 0.2) is 0 Å². The molecular formula is C42H56N8O4. The topological polar surface area (TPSA) is 159 Å². The third-order valence-corrected chi connectivity index (χ3v) is 10.7. The highest BCUT2D eigenvalue weighted by Gasteiger charge is 2.34. The maximum atomic E-state index is 13.8. The van der Waals surface area contributed by atoms with Crippen LogP contribution in [0.15, 0.2) is 30.9 Å². The highest BCUT2D eigenvalue weighted by Crippen LogP contribution is 2.43. The number of aromatic carboxylic acids is 1. The molecule has 54 heavy (non-hydrogen) atoms. The van der Waals surface area contributed by atoms with Crippen molar-refractivity contribution in [3.05, 3.63) is 81.4 Å². The Morgan fingerprint density at radius 3 is 2.13 bits per heavy atom. The molecule has 0 saturated carbocycles. The predicted octanol–water partition coefficient (Wildman–Crippen LogP) is 5.87. The molecule has 5 rings (SSSR count). The van der Waals surface area contributed by atoms with Crippen molar-refractivity contribution in [2.75, 3.05) is 54.4 Å². The summed E-state index contributed by atoms with van der Waals surface area (Å²) < 4.78 is 0. The number of rotatable bonds is 14. The first-order valence-electron chi connectivity index (χ1n) is 18.8. The van der Waals surface area contributed by atoms with Crippen molar-refractivity contribution in [2.45, 2.75) is 72.1 Å². The smallest absolute Gasteiger partial charge is 0.338 e. The zero-order valence-electron chi connectivity index (χ0n) is 33.3. The van der Waals surface area contributed by atoms with E-state index in [4.69, 9.17) is 9.97 Å². The molecule has 12 nitrogen and oxygen atoms in total. The summed E-state index contributed by atoms with van der Waals surface area (Å²) >= 11 is 0. The fourth-order valence-corrected chi connectivity index (χ4v) is 7.54. The van der Waals surface area contributed by atoms with Gasteiger partial charge in [-0.2, -0.15) is 0 Å². The number of carboxylic acids is 1. The monoisotopic (exact) mass is 736 g/mol. The van der Waals surface area contributed by atoms with Crippen LogP contribution in [-0.4, -0.2) is 107 Å². The van der Waals surface area contributed by atoms with Crippen LogP contribution in [0.3, 0.4) is 0 Å². The molecule has 0 aromatic carbocycles. The van der Waals surface area contributed by atoms with Crippen molar-refractivity contribution in [3.63, 3.8) is 0 Å². The van der Waals surface area contributed by atoms with Gasteiger partial charge in [-0.1, -0.05) is 26.5 Å². The van der Waals surface area contributed by atoms with E-state index in [0.717, 1.165) is 63.4 Å². The number of hydrogen-bond acceptors (Lipinski definition) is 7. The second kappa shape index (κ2) is 16.9. The highest BCUT2D eigenvalue weighted by molar-refractivity contribution is 6.03. The summed E-state index contributed by atoms with van der Waals surface area (Å²) in [6, 6.07) is 5.99.